The zero-order chi connectivity index (χ0) is 17.4. The molecule has 2 N–H and O–H groups in total. The molecule has 8 nitrogen and oxygen atoms in total. The molecule has 0 fully saturated rings. The standard InChI is InChI=1S/C16H19N5O3/c1-10-4-6-11(7-5-10)18-12(22)8-21-9-17-14-13(21)15(23)20(3)16(24)19(14)2/h4-7,17H,8-9H2,1-3H3,(H,18,22). The van der Waals surface area contributed by atoms with E-state index in [1.807, 2.05) is 31.2 Å². The summed E-state index contributed by atoms with van der Waals surface area (Å²) in [6, 6.07) is 7.47. The molecule has 0 spiro atoms. The Morgan fingerprint density at radius 2 is 1.83 bits per heavy atom. The van der Waals surface area contributed by atoms with Crippen LogP contribution in [0.15, 0.2) is 33.9 Å². The van der Waals surface area contributed by atoms with E-state index in [1.165, 1.54) is 11.6 Å². The van der Waals surface area contributed by atoms with Crippen molar-refractivity contribution in [2.45, 2.75) is 6.92 Å². The van der Waals surface area contributed by atoms with Crippen molar-refractivity contribution in [3.05, 3.63) is 50.7 Å². The van der Waals surface area contributed by atoms with Crippen LogP contribution in [-0.4, -0.2) is 28.3 Å². The lowest BCUT2D eigenvalue weighted by molar-refractivity contribution is -0.114. The number of benzene rings is 1. The Kier molecular flexibility index (Phi) is 3.88. The molecular weight excluding hydrogens is 310 g/mol. The molecule has 1 aromatic carbocycles. The highest BCUT2D eigenvalue weighted by atomic mass is 16.2. The quantitative estimate of drug-likeness (QED) is 0.841. The van der Waals surface area contributed by atoms with E-state index in [-0.39, 0.29) is 12.5 Å². The van der Waals surface area contributed by atoms with Gasteiger partial charge in [0.05, 0.1) is 13.2 Å². The van der Waals surface area contributed by atoms with Crippen LogP contribution in [0.1, 0.15) is 5.56 Å². The Balaban J connectivity index is 1.82. The van der Waals surface area contributed by atoms with Crippen molar-refractivity contribution in [3.63, 3.8) is 0 Å². The number of carbonyl (C=O) groups excluding carboxylic acids is 1. The summed E-state index contributed by atoms with van der Waals surface area (Å²) in [6.07, 6.45) is 0. The summed E-state index contributed by atoms with van der Waals surface area (Å²) in [5, 5.41) is 5.80. The van der Waals surface area contributed by atoms with Gasteiger partial charge in [0.15, 0.2) is 0 Å². The van der Waals surface area contributed by atoms with Crippen LogP contribution < -0.4 is 26.8 Å². The first-order valence-corrected chi connectivity index (χ1v) is 7.54. The minimum absolute atomic E-state index is 0.0152. The summed E-state index contributed by atoms with van der Waals surface area (Å²) in [4.78, 5) is 38.2. The van der Waals surface area contributed by atoms with Crippen LogP contribution in [0.4, 0.5) is 17.2 Å². The van der Waals surface area contributed by atoms with Gasteiger partial charge in [0.1, 0.15) is 11.5 Å². The molecule has 2 aromatic rings. The average molecular weight is 329 g/mol. The first-order chi connectivity index (χ1) is 11.4. The molecule has 1 aliphatic rings. The van der Waals surface area contributed by atoms with Gasteiger partial charge < -0.3 is 15.5 Å². The third-order valence-electron chi connectivity index (χ3n) is 4.06. The number of aromatic nitrogens is 2. The molecule has 1 amide bonds. The van der Waals surface area contributed by atoms with Crippen molar-refractivity contribution < 1.29 is 4.79 Å². The molecule has 1 aromatic heterocycles. The lowest BCUT2D eigenvalue weighted by Gasteiger charge is -2.17. The summed E-state index contributed by atoms with van der Waals surface area (Å²) >= 11 is 0. The first-order valence-electron chi connectivity index (χ1n) is 7.54. The van der Waals surface area contributed by atoms with Gasteiger partial charge in [-0.3, -0.25) is 18.7 Å². The van der Waals surface area contributed by atoms with E-state index in [1.54, 1.807) is 11.9 Å². The van der Waals surface area contributed by atoms with Gasteiger partial charge in [-0.15, -0.1) is 0 Å². The predicted octanol–water partition coefficient (Wildman–Crippen LogP) is 0.221. The number of carbonyl (C=O) groups is 1. The normalized spacial score (nSPS) is 12.7. The van der Waals surface area contributed by atoms with E-state index in [0.29, 0.717) is 23.9 Å². The third-order valence-corrected chi connectivity index (χ3v) is 4.06. The number of nitrogens with zero attached hydrogens (tertiary/aromatic N) is 3. The summed E-state index contributed by atoms with van der Waals surface area (Å²) < 4.78 is 2.41. The number of amides is 1. The van der Waals surface area contributed by atoms with Crippen molar-refractivity contribution in [2.24, 2.45) is 14.1 Å². The third kappa shape index (κ3) is 2.66. The number of aryl methyl sites for hydroxylation is 1. The van der Waals surface area contributed by atoms with Crippen LogP contribution >= 0.6 is 0 Å². The fourth-order valence-corrected chi connectivity index (χ4v) is 2.71. The highest BCUT2D eigenvalue weighted by Crippen LogP contribution is 2.25. The minimum atomic E-state index is -0.416. The van der Waals surface area contributed by atoms with Crippen LogP contribution in [-0.2, 0) is 18.9 Å². The number of rotatable bonds is 3. The lowest BCUT2D eigenvalue weighted by Crippen LogP contribution is -2.40. The minimum Gasteiger partial charge on any atom is -0.352 e. The van der Waals surface area contributed by atoms with Crippen LogP contribution in [0.25, 0.3) is 0 Å². The molecule has 24 heavy (non-hydrogen) atoms. The largest absolute Gasteiger partial charge is 0.352 e. The summed E-state index contributed by atoms with van der Waals surface area (Å²) in [7, 11) is 3.01. The Bertz CT molecular complexity index is 911. The van der Waals surface area contributed by atoms with Gasteiger partial charge in [0, 0.05) is 19.8 Å². The molecule has 8 heteroatoms. The smallest absolute Gasteiger partial charge is 0.332 e. The van der Waals surface area contributed by atoms with Crippen LogP contribution in [0.2, 0.25) is 0 Å². The summed E-state index contributed by atoms with van der Waals surface area (Å²) in [5.41, 5.74) is 1.32. The summed E-state index contributed by atoms with van der Waals surface area (Å²) in [6.45, 7) is 2.28. The average Bonchev–Trinajstić information content (AvgIpc) is 2.96. The van der Waals surface area contributed by atoms with Crippen molar-refractivity contribution in [1.29, 1.82) is 0 Å². The molecule has 1 aliphatic heterocycles. The number of hydrogen-bond donors (Lipinski definition) is 2. The van der Waals surface area contributed by atoms with Gasteiger partial charge in [0.25, 0.3) is 5.56 Å². The van der Waals surface area contributed by atoms with Crippen molar-refractivity contribution in [1.82, 2.24) is 9.13 Å². The molecule has 0 bridgehead atoms. The Morgan fingerprint density at radius 1 is 1.17 bits per heavy atom. The molecule has 3 rings (SSSR count). The molecule has 0 saturated carbocycles. The predicted molar refractivity (Wildman–Crippen MR) is 92.6 cm³/mol. The maximum absolute atomic E-state index is 12.4. The number of nitrogens with one attached hydrogen (secondary N) is 2. The van der Waals surface area contributed by atoms with E-state index >= 15 is 0 Å². The second kappa shape index (κ2) is 5.88. The zero-order valence-electron chi connectivity index (χ0n) is 13.8. The molecule has 0 unspecified atom stereocenters. The SMILES string of the molecule is Cc1ccc(NC(=O)CN2CNc3c2c(=O)n(C)c(=O)n3C)cc1. The number of anilines is 3. The van der Waals surface area contributed by atoms with E-state index in [9.17, 15) is 14.4 Å². The van der Waals surface area contributed by atoms with E-state index < -0.39 is 11.2 Å². The maximum Gasteiger partial charge on any atom is 0.332 e. The van der Waals surface area contributed by atoms with Gasteiger partial charge >= 0.3 is 5.69 Å². The lowest BCUT2D eigenvalue weighted by atomic mass is 10.2. The zero-order valence-corrected chi connectivity index (χ0v) is 13.8. The topological polar surface area (TPSA) is 88.4 Å². The maximum atomic E-state index is 12.4. The molecule has 0 aliphatic carbocycles. The molecule has 2 heterocycles. The molecular formula is C16H19N5O3. The highest BCUT2D eigenvalue weighted by Gasteiger charge is 2.28. The van der Waals surface area contributed by atoms with Gasteiger partial charge in [-0.1, -0.05) is 17.7 Å². The van der Waals surface area contributed by atoms with Gasteiger partial charge in [-0.05, 0) is 19.1 Å². The van der Waals surface area contributed by atoms with Crippen LogP contribution in [0.5, 0.6) is 0 Å². The van der Waals surface area contributed by atoms with Crippen LogP contribution in [0, 0.1) is 6.92 Å². The van der Waals surface area contributed by atoms with Gasteiger partial charge in [0.2, 0.25) is 5.91 Å². The van der Waals surface area contributed by atoms with Gasteiger partial charge in [-0.2, -0.15) is 0 Å². The number of hydrogen-bond acceptors (Lipinski definition) is 5. The second-order valence-electron chi connectivity index (χ2n) is 5.85. The highest BCUT2D eigenvalue weighted by molar-refractivity contribution is 5.95. The number of fused-ring (bicyclic) bond motifs is 1. The van der Waals surface area contributed by atoms with Gasteiger partial charge in [-0.25, -0.2) is 4.79 Å². The Morgan fingerprint density at radius 3 is 2.50 bits per heavy atom. The fraction of sp³-hybridized carbons (Fsp3) is 0.312. The van der Waals surface area contributed by atoms with Crippen molar-refractivity contribution >= 4 is 23.1 Å². The molecule has 126 valence electrons. The Labute approximate surface area is 138 Å². The fourth-order valence-electron chi connectivity index (χ4n) is 2.71. The van der Waals surface area contributed by atoms with E-state index in [4.69, 9.17) is 0 Å². The molecule has 0 saturated heterocycles. The second-order valence-corrected chi connectivity index (χ2v) is 5.85. The van der Waals surface area contributed by atoms with Crippen molar-refractivity contribution in [3.8, 4) is 0 Å². The first kappa shape index (κ1) is 15.9. The Hall–Kier alpha value is -3.03. The summed E-state index contributed by atoms with van der Waals surface area (Å²) in [5.74, 6) is 0.204. The van der Waals surface area contributed by atoms with Crippen LogP contribution in [0.3, 0.4) is 0 Å². The van der Waals surface area contributed by atoms with E-state index in [0.717, 1.165) is 10.1 Å². The van der Waals surface area contributed by atoms with Crippen molar-refractivity contribution in [2.75, 3.05) is 28.7 Å². The molecule has 0 radical (unpaired) electrons. The van der Waals surface area contributed by atoms with E-state index in [2.05, 4.69) is 10.6 Å². The monoisotopic (exact) mass is 329 g/mol. The molecule has 0 atom stereocenters.